The molecule has 0 spiro atoms. The third-order valence-electron chi connectivity index (χ3n) is 0.291. The van der Waals surface area contributed by atoms with Crippen molar-refractivity contribution in [2.24, 2.45) is 0 Å². The molecule has 0 fully saturated rings. The van der Waals surface area contributed by atoms with Gasteiger partial charge in [0.05, 0.1) is 0 Å². The highest BCUT2D eigenvalue weighted by molar-refractivity contribution is 8.00. The van der Waals surface area contributed by atoms with Crippen LogP contribution < -0.4 is 0 Å². The number of hydrogen-bond acceptors (Lipinski definition) is 5. The second-order valence-electron chi connectivity index (χ2n) is 0.781. The standard InChI is InChI=1S/C2H2O5S/c3-1-7-8(5,6)2-4/h1-2H. The summed E-state index contributed by atoms with van der Waals surface area (Å²) < 4.78 is 22.9. The molecular weight excluding hydrogens is 136 g/mol. The molecule has 46 valence electrons. The Morgan fingerprint density at radius 1 is 1.25 bits per heavy atom. The molecule has 0 heterocycles. The molecule has 5 nitrogen and oxygen atoms in total. The van der Waals surface area contributed by atoms with E-state index in [-0.39, 0.29) is 6.47 Å². The highest BCUT2D eigenvalue weighted by atomic mass is 32.2. The molecule has 0 aromatic heterocycles. The van der Waals surface area contributed by atoms with E-state index in [1.54, 1.807) is 0 Å². The summed E-state index contributed by atoms with van der Waals surface area (Å²) >= 11 is 0. The molecule has 0 aliphatic carbocycles. The first kappa shape index (κ1) is 7.09. The maximum absolute atomic E-state index is 9.78. The predicted molar refractivity (Wildman–Crippen MR) is 22.8 cm³/mol. The number of carbonyl (C=O) groups is 2. The maximum atomic E-state index is 9.78. The van der Waals surface area contributed by atoms with Gasteiger partial charge in [0.15, 0.2) is 0 Å². The lowest BCUT2D eigenvalue weighted by Gasteiger charge is -1.84. The Bertz CT molecular complexity index is 177. The molecule has 0 aliphatic heterocycles. The average molecular weight is 138 g/mol. The van der Waals surface area contributed by atoms with Crippen molar-refractivity contribution < 1.29 is 22.2 Å². The van der Waals surface area contributed by atoms with Gasteiger partial charge in [-0.25, -0.2) is 0 Å². The van der Waals surface area contributed by atoms with E-state index in [0.29, 0.717) is 0 Å². The van der Waals surface area contributed by atoms with Gasteiger partial charge in [0.25, 0.3) is 5.62 Å². The summed E-state index contributed by atoms with van der Waals surface area (Å²) in [6, 6.07) is 0. The van der Waals surface area contributed by atoms with Crippen LogP contribution in [-0.2, 0) is 23.9 Å². The van der Waals surface area contributed by atoms with Crippen LogP contribution in [0, 0.1) is 0 Å². The fourth-order valence-electron chi connectivity index (χ4n) is 0.0774. The average Bonchev–Trinajstić information content (AvgIpc) is 1.67. The van der Waals surface area contributed by atoms with Crippen LogP contribution in [0.5, 0.6) is 0 Å². The smallest absolute Gasteiger partial charge is 0.343 e. The van der Waals surface area contributed by atoms with Gasteiger partial charge in [0.2, 0.25) is 0 Å². The summed E-state index contributed by atoms with van der Waals surface area (Å²) in [5, 5.41) is 0. The summed E-state index contributed by atoms with van der Waals surface area (Å²) in [6.45, 7) is -0.330. The molecular formula is C2H2O5S. The molecule has 0 aromatic rings. The zero-order valence-corrected chi connectivity index (χ0v) is 4.42. The zero-order valence-electron chi connectivity index (χ0n) is 3.60. The summed E-state index contributed by atoms with van der Waals surface area (Å²) in [6.07, 6.45) is 0. The monoisotopic (exact) mass is 138 g/mol. The van der Waals surface area contributed by atoms with Gasteiger partial charge in [-0.1, -0.05) is 0 Å². The molecule has 0 saturated carbocycles. The van der Waals surface area contributed by atoms with Gasteiger partial charge in [-0.05, 0) is 0 Å². The highest BCUT2D eigenvalue weighted by Crippen LogP contribution is 1.79. The van der Waals surface area contributed by atoms with E-state index in [4.69, 9.17) is 0 Å². The first-order valence-electron chi connectivity index (χ1n) is 1.44. The lowest BCUT2D eigenvalue weighted by molar-refractivity contribution is -0.120. The minimum atomic E-state index is -4.22. The van der Waals surface area contributed by atoms with E-state index in [9.17, 15) is 18.0 Å². The summed E-state index contributed by atoms with van der Waals surface area (Å²) in [5.41, 5.74) is -0.457. The third-order valence-corrected chi connectivity index (χ3v) is 0.874. The van der Waals surface area contributed by atoms with E-state index >= 15 is 0 Å². The van der Waals surface area contributed by atoms with E-state index in [1.807, 2.05) is 0 Å². The highest BCUT2D eigenvalue weighted by Gasteiger charge is 2.05. The first-order chi connectivity index (χ1) is 3.62. The van der Waals surface area contributed by atoms with Crippen LogP contribution in [-0.4, -0.2) is 20.5 Å². The topological polar surface area (TPSA) is 77.5 Å². The lowest BCUT2D eigenvalue weighted by atomic mass is 11.7. The van der Waals surface area contributed by atoms with Crippen molar-refractivity contribution in [3.05, 3.63) is 0 Å². The van der Waals surface area contributed by atoms with E-state index in [1.165, 1.54) is 0 Å². The number of carbonyl (C=O) groups excluding carboxylic acids is 2. The zero-order chi connectivity index (χ0) is 6.62. The van der Waals surface area contributed by atoms with Crippen LogP contribution in [0.3, 0.4) is 0 Å². The molecule has 0 aliphatic rings. The van der Waals surface area contributed by atoms with Crippen molar-refractivity contribution in [2.75, 3.05) is 0 Å². The van der Waals surface area contributed by atoms with Crippen molar-refractivity contribution in [2.45, 2.75) is 0 Å². The fourth-order valence-corrected chi connectivity index (χ4v) is 0.232. The van der Waals surface area contributed by atoms with Gasteiger partial charge in [-0.3, -0.25) is 9.59 Å². The molecule has 0 N–H and O–H groups in total. The van der Waals surface area contributed by atoms with Crippen molar-refractivity contribution >= 4 is 22.2 Å². The Labute approximate surface area is 45.4 Å². The predicted octanol–water partition coefficient (Wildman–Crippen LogP) is -1.32. The Balaban J connectivity index is 4.15. The van der Waals surface area contributed by atoms with E-state index < -0.39 is 15.7 Å². The molecule has 6 heteroatoms. The second kappa shape index (κ2) is 2.41. The quantitative estimate of drug-likeness (QED) is 0.357. The molecule has 0 amide bonds. The Morgan fingerprint density at radius 3 is 1.88 bits per heavy atom. The van der Waals surface area contributed by atoms with Gasteiger partial charge in [-0.2, -0.15) is 8.42 Å². The molecule has 0 atom stereocenters. The molecule has 0 bridgehead atoms. The Hall–Kier alpha value is -0.910. The van der Waals surface area contributed by atoms with Crippen LogP contribution in [0.4, 0.5) is 0 Å². The minimum Gasteiger partial charge on any atom is -0.343 e. The molecule has 8 heavy (non-hydrogen) atoms. The molecule has 0 unspecified atom stereocenters. The summed E-state index contributed by atoms with van der Waals surface area (Å²) in [7, 11) is -4.22. The van der Waals surface area contributed by atoms with E-state index in [0.717, 1.165) is 0 Å². The van der Waals surface area contributed by atoms with Crippen LogP contribution in [0.2, 0.25) is 0 Å². The SMILES string of the molecule is O=COS(=O)(=O)C=O. The van der Waals surface area contributed by atoms with Gasteiger partial charge in [0, 0.05) is 0 Å². The Kier molecular flexibility index (Phi) is 2.14. The van der Waals surface area contributed by atoms with Gasteiger partial charge >= 0.3 is 16.6 Å². The second-order valence-corrected chi connectivity index (χ2v) is 2.15. The van der Waals surface area contributed by atoms with Gasteiger partial charge in [-0.15, -0.1) is 0 Å². The number of rotatable bonds is 3. The van der Waals surface area contributed by atoms with Gasteiger partial charge in [0.1, 0.15) is 0 Å². The minimum absolute atomic E-state index is 0.330. The third kappa shape index (κ3) is 2.30. The summed E-state index contributed by atoms with van der Waals surface area (Å²) in [5.74, 6) is 0. The number of hydrogen-bond donors (Lipinski definition) is 0. The van der Waals surface area contributed by atoms with Crippen molar-refractivity contribution in [3.63, 3.8) is 0 Å². The van der Waals surface area contributed by atoms with Crippen molar-refractivity contribution in [3.8, 4) is 0 Å². The van der Waals surface area contributed by atoms with Crippen LogP contribution in [0.1, 0.15) is 0 Å². The normalized spacial score (nSPS) is 10.0. The maximum Gasteiger partial charge on any atom is 0.372 e. The molecule has 0 radical (unpaired) electrons. The van der Waals surface area contributed by atoms with Gasteiger partial charge < -0.3 is 4.18 Å². The van der Waals surface area contributed by atoms with Crippen LogP contribution in [0.25, 0.3) is 0 Å². The lowest BCUT2D eigenvalue weighted by Crippen LogP contribution is -2.03. The van der Waals surface area contributed by atoms with Crippen LogP contribution >= 0.6 is 0 Å². The fraction of sp³-hybridized carbons (Fsp3) is 0. The molecule has 0 aromatic carbocycles. The first-order valence-corrected chi connectivity index (χ1v) is 2.91. The van der Waals surface area contributed by atoms with E-state index in [2.05, 4.69) is 4.18 Å². The largest absolute Gasteiger partial charge is 0.372 e. The Morgan fingerprint density at radius 2 is 1.75 bits per heavy atom. The molecule has 0 rings (SSSR count). The van der Waals surface area contributed by atoms with Crippen molar-refractivity contribution in [1.29, 1.82) is 0 Å². The van der Waals surface area contributed by atoms with Crippen LogP contribution in [0.15, 0.2) is 0 Å². The molecule has 0 saturated heterocycles. The van der Waals surface area contributed by atoms with Crippen molar-refractivity contribution in [1.82, 2.24) is 0 Å². The summed E-state index contributed by atoms with van der Waals surface area (Å²) in [4.78, 5) is 18.6.